The van der Waals surface area contributed by atoms with Gasteiger partial charge in [0.25, 0.3) is 5.89 Å². The first kappa shape index (κ1) is 24.7. The van der Waals surface area contributed by atoms with E-state index in [1.807, 2.05) is 18.2 Å². The molecule has 0 saturated heterocycles. The first-order valence-corrected chi connectivity index (χ1v) is 12.1. The van der Waals surface area contributed by atoms with Crippen LogP contribution in [-0.4, -0.2) is 40.9 Å². The normalized spacial score (nSPS) is 16.1. The third-order valence-corrected chi connectivity index (χ3v) is 6.64. The van der Waals surface area contributed by atoms with Gasteiger partial charge in [0.05, 0.1) is 25.8 Å². The SMILES string of the molecule is COc1ccc(-c2noc(C3=C(C)N(CC(C)C)C(=S)NC3c3ccc(C)c(C)c3)n2)cc1OC. The molecule has 35 heavy (non-hydrogen) atoms. The van der Waals surface area contributed by atoms with E-state index >= 15 is 0 Å². The van der Waals surface area contributed by atoms with E-state index in [1.165, 1.54) is 11.1 Å². The summed E-state index contributed by atoms with van der Waals surface area (Å²) in [6.07, 6.45) is 0. The Labute approximate surface area is 212 Å². The van der Waals surface area contributed by atoms with Crippen LogP contribution in [-0.2, 0) is 0 Å². The van der Waals surface area contributed by atoms with E-state index in [2.05, 4.69) is 68.2 Å². The van der Waals surface area contributed by atoms with Crippen molar-refractivity contribution >= 4 is 22.9 Å². The summed E-state index contributed by atoms with van der Waals surface area (Å²) in [5.41, 5.74) is 6.25. The number of methoxy groups -OCH3 is 2. The first-order chi connectivity index (χ1) is 16.7. The average molecular weight is 493 g/mol. The molecule has 1 unspecified atom stereocenters. The Hall–Kier alpha value is -3.39. The van der Waals surface area contributed by atoms with E-state index in [1.54, 1.807) is 14.2 Å². The van der Waals surface area contributed by atoms with Crippen molar-refractivity contribution in [1.82, 2.24) is 20.4 Å². The number of nitrogens with zero attached hydrogens (tertiary/aromatic N) is 3. The van der Waals surface area contributed by atoms with Crippen LogP contribution in [0.1, 0.15) is 49.4 Å². The van der Waals surface area contributed by atoms with Crippen LogP contribution in [0.2, 0.25) is 0 Å². The van der Waals surface area contributed by atoms with Crippen molar-refractivity contribution in [3.8, 4) is 22.9 Å². The second kappa shape index (κ2) is 10.1. The quantitative estimate of drug-likeness (QED) is 0.422. The molecular weight excluding hydrogens is 460 g/mol. The highest BCUT2D eigenvalue weighted by atomic mass is 32.1. The third-order valence-electron chi connectivity index (χ3n) is 6.31. The standard InChI is InChI=1S/C27H32N4O3S/c1-15(2)14-31-18(5)23(24(28-27(31)35)19-9-8-16(3)17(4)12-19)26-29-25(30-34-26)20-10-11-21(32-6)22(13-20)33-7/h8-13,15,24H,14H2,1-7H3,(H,28,35). The van der Waals surface area contributed by atoms with Gasteiger partial charge in [-0.1, -0.05) is 37.2 Å². The zero-order valence-electron chi connectivity index (χ0n) is 21.3. The number of benzene rings is 2. The minimum atomic E-state index is -0.205. The molecule has 3 aromatic rings. The van der Waals surface area contributed by atoms with Gasteiger partial charge >= 0.3 is 0 Å². The highest BCUT2D eigenvalue weighted by molar-refractivity contribution is 7.80. The van der Waals surface area contributed by atoms with Crippen LogP contribution in [0, 0.1) is 19.8 Å². The maximum atomic E-state index is 5.85. The summed E-state index contributed by atoms with van der Waals surface area (Å²) in [7, 11) is 3.21. The van der Waals surface area contributed by atoms with Crippen molar-refractivity contribution in [2.45, 2.75) is 40.7 Å². The molecule has 0 aliphatic carbocycles. The molecule has 184 valence electrons. The van der Waals surface area contributed by atoms with Gasteiger partial charge in [-0.25, -0.2) is 0 Å². The van der Waals surface area contributed by atoms with Crippen molar-refractivity contribution in [2.24, 2.45) is 5.92 Å². The van der Waals surface area contributed by atoms with Crippen LogP contribution in [0.5, 0.6) is 11.5 Å². The lowest BCUT2D eigenvalue weighted by molar-refractivity contribution is 0.355. The molecular formula is C27H32N4O3S. The number of ether oxygens (including phenoxy) is 2. The van der Waals surface area contributed by atoms with Gasteiger partial charge in [-0.3, -0.25) is 0 Å². The molecule has 0 bridgehead atoms. The maximum absolute atomic E-state index is 5.85. The molecule has 7 nitrogen and oxygen atoms in total. The van der Waals surface area contributed by atoms with Gasteiger partial charge in [-0.05, 0) is 73.8 Å². The van der Waals surface area contributed by atoms with E-state index in [4.69, 9.17) is 31.2 Å². The summed E-state index contributed by atoms with van der Waals surface area (Å²) < 4.78 is 16.7. The summed E-state index contributed by atoms with van der Waals surface area (Å²) in [4.78, 5) is 6.92. The van der Waals surface area contributed by atoms with Crippen molar-refractivity contribution in [3.05, 3.63) is 64.7 Å². The van der Waals surface area contributed by atoms with Crippen molar-refractivity contribution in [3.63, 3.8) is 0 Å². The lowest BCUT2D eigenvalue weighted by Gasteiger charge is -2.38. The van der Waals surface area contributed by atoms with Gasteiger partial charge < -0.3 is 24.2 Å². The number of rotatable bonds is 7. The number of aryl methyl sites for hydroxylation is 2. The zero-order valence-corrected chi connectivity index (χ0v) is 22.1. The second-order valence-electron chi connectivity index (χ2n) is 9.22. The number of nitrogens with one attached hydrogen (secondary N) is 1. The Balaban J connectivity index is 1.82. The molecule has 0 amide bonds. The van der Waals surface area contributed by atoms with E-state index in [9.17, 15) is 0 Å². The largest absolute Gasteiger partial charge is 0.493 e. The molecule has 2 aromatic carbocycles. The third kappa shape index (κ3) is 4.89. The Bertz CT molecular complexity index is 1280. The van der Waals surface area contributed by atoms with Gasteiger partial charge in [0.2, 0.25) is 5.82 Å². The van der Waals surface area contributed by atoms with Crippen LogP contribution >= 0.6 is 12.2 Å². The molecule has 1 aliphatic heterocycles. The Morgan fingerprint density at radius 1 is 1.03 bits per heavy atom. The summed E-state index contributed by atoms with van der Waals surface area (Å²) in [6.45, 7) is 11.4. The van der Waals surface area contributed by atoms with E-state index in [0.717, 1.165) is 28.9 Å². The van der Waals surface area contributed by atoms with E-state index in [-0.39, 0.29) is 6.04 Å². The first-order valence-electron chi connectivity index (χ1n) is 11.7. The maximum Gasteiger partial charge on any atom is 0.258 e. The minimum absolute atomic E-state index is 0.205. The molecule has 0 radical (unpaired) electrons. The summed E-state index contributed by atoms with van der Waals surface area (Å²) in [5.74, 6) is 2.60. The highest BCUT2D eigenvalue weighted by Crippen LogP contribution is 2.39. The Morgan fingerprint density at radius 2 is 1.77 bits per heavy atom. The molecule has 0 saturated carbocycles. The Morgan fingerprint density at radius 3 is 2.43 bits per heavy atom. The summed E-state index contributed by atoms with van der Waals surface area (Å²) in [6, 6.07) is 11.8. The average Bonchev–Trinajstić information content (AvgIpc) is 3.32. The zero-order chi connectivity index (χ0) is 25.3. The van der Waals surface area contributed by atoms with Gasteiger partial charge in [0.15, 0.2) is 16.6 Å². The van der Waals surface area contributed by atoms with Crippen molar-refractivity contribution < 1.29 is 14.0 Å². The monoisotopic (exact) mass is 492 g/mol. The number of hydrogen-bond donors (Lipinski definition) is 1. The van der Waals surface area contributed by atoms with Crippen LogP contribution < -0.4 is 14.8 Å². The van der Waals surface area contributed by atoms with Gasteiger partial charge in [-0.15, -0.1) is 0 Å². The summed E-state index contributed by atoms with van der Waals surface area (Å²) in [5, 5.41) is 8.52. The molecule has 0 spiro atoms. The smallest absolute Gasteiger partial charge is 0.258 e. The highest BCUT2D eigenvalue weighted by Gasteiger charge is 2.34. The molecule has 4 rings (SSSR count). The van der Waals surface area contributed by atoms with Gasteiger partial charge in [-0.2, -0.15) is 4.98 Å². The number of hydrogen-bond acceptors (Lipinski definition) is 6. The second-order valence-corrected chi connectivity index (χ2v) is 9.61. The molecule has 1 aliphatic rings. The van der Waals surface area contributed by atoms with E-state index < -0.39 is 0 Å². The lowest BCUT2D eigenvalue weighted by Crippen LogP contribution is -2.47. The fourth-order valence-electron chi connectivity index (χ4n) is 4.26. The molecule has 1 atom stereocenters. The molecule has 8 heteroatoms. The number of thiocarbonyl (C=S) groups is 1. The molecule has 0 fully saturated rings. The fraction of sp³-hybridized carbons (Fsp3) is 0.370. The number of aromatic nitrogens is 2. The van der Waals surface area contributed by atoms with Gasteiger partial charge in [0, 0.05) is 17.8 Å². The molecule has 1 aromatic heterocycles. The predicted octanol–water partition coefficient (Wildman–Crippen LogP) is 5.69. The summed E-state index contributed by atoms with van der Waals surface area (Å²) >= 11 is 5.78. The van der Waals surface area contributed by atoms with Crippen LogP contribution in [0.25, 0.3) is 17.0 Å². The van der Waals surface area contributed by atoms with Crippen molar-refractivity contribution in [2.75, 3.05) is 20.8 Å². The van der Waals surface area contributed by atoms with E-state index in [0.29, 0.717) is 34.2 Å². The van der Waals surface area contributed by atoms with Crippen LogP contribution in [0.15, 0.2) is 46.6 Å². The van der Waals surface area contributed by atoms with Gasteiger partial charge in [0.1, 0.15) is 0 Å². The van der Waals surface area contributed by atoms with Crippen LogP contribution in [0.4, 0.5) is 0 Å². The fourth-order valence-corrected chi connectivity index (χ4v) is 4.59. The molecule has 2 heterocycles. The number of allylic oxidation sites excluding steroid dienone is 1. The Kier molecular flexibility index (Phi) is 7.12. The lowest BCUT2D eigenvalue weighted by atomic mass is 9.92. The minimum Gasteiger partial charge on any atom is -0.493 e. The van der Waals surface area contributed by atoms with Crippen molar-refractivity contribution in [1.29, 1.82) is 0 Å². The molecule has 1 N–H and O–H groups in total. The topological polar surface area (TPSA) is 72.7 Å². The van der Waals surface area contributed by atoms with Crippen LogP contribution in [0.3, 0.4) is 0 Å². The predicted molar refractivity (Wildman–Crippen MR) is 141 cm³/mol.